The fraction of sp³-hybridized carbons (Fsp3) is 0.182. The Kier molecular flexibility index (Phi) is 4.62. The van der Waals surface area contributed by atoms with E-state index in [0.29, 0.717) is 10.7 Å². The van der Waals surface area contributed by atoms with Crippen LogP contribution in [-0.4, -0.2) is 28.6 Å². The fourth-order valence-corrected chi connectivity index (χ4v) is 3.10. The zero-order chi connectivity index (χ0) is 13.0. The van der Waals surface area contributed by atoms with Crippen molar-refractivity contribution >= 4 is 45.9 Å². The second kappa shape index (κ2) is 6.21. The molecular weight excluding hydrogens is 286 g/mol. The van der Waals surface area contributed by atoms with Crippen LogP contribution in [0, 0.1) is 0 Å². The summed E-state index contributed by atoms with van der Waals surface area (Å²) in [6, 6.07) is 7.49. The summed E-state index contributed by atoms with van der Waals surface area (Å²) in [4.78, 5) is 13.0. The van der Waals surface area contributed by atoms with Crippen LogP contribution >= 0.6 is 34.9 Å². The Hall–Kier alpha value is -1.05. The molecule has 0 aliphatic carbocycles. The van der Waals surface area contributed by atoms with Crippen molar-refractivity contribution < 1.29 is 4.79 Å². The third-order valence-electron chi connectivity index (χ3n) is 2.15. The molecule has 2 aromatic rings. The first-order valence-electron chi connectivity index (χ1n) is 5.06. The van der Waals surface area contributed by atoms with E-state index < -0.39 is 0 Å². The van der Waals surface area contributed by atoms with E-state index in [1.165, 1.54) is 23.1 Å². The van der Waals surface area contributed by atoms with Crippen molar-refractivity contribution in [1.82, 2.24) is 10.2 Å². The topological polar surface area (TPSA) is 54.9 Å². The van der Waals surface area contributed by atoms with E-state index in [9.17, 15) is 4.79 Å². The number of hydrogen-bond donors (Lipinski definition) is 1. The Morgan fingerprint density at radius 3 is 2.67 bits per heavy atom. The summed E-state index contributed by atoms with van der Waals surface area (Å²) < 4.78 is 0.837. The molecule has 0 saturated carbocycles. The van der Waals surface area contributed by atoms with Crippen LogP contribution in [0.4, 0.5) is 5.13 Å². The molecule has 4 nitrogen and oxygen atoms in total. The molecule has 0 fully saturated rings. The molecule has 1 N–H and O–H groups in total. The van der Waals surface area contributed by atoms with Gasteiger partial charge in [-0.1, -0.05) is 35.2 Å². The van der Waals surface area contributed by atoms with Crippen molar-refractivity contribution in [2.75, 3.05) is 17.8 Å². The van der Waals surface area contributed by atoms with E-state index in [1.54, 1.807) is 17.8 Å². The lowest BCUT2D eigenvalue weighted by Crippen LogP contribution is -2.12. The SMILES string of the molecule is CSc1nnc(NC(=O)c2ccccc2SC)s1. The van der Waals surface area contributed by atoms with Gasteiger partial charge in [0.05, 0.1) is 5.56 Å². The summed E-state index contributed by atoms with van der Waals surface area (Å²) >= 11 is 4.43. The zero-order valence-electron chi connectivity index (χ0n) is 9.84. The van der Waals surface area contributed by atoms with E-state index in [1.807, 2.05) is 30.7 Å². The summed E-state index contributed by atoms with van der Waals surface area (Å²) in [6.07, 6.45) is 3.87. The minimum Gasteiger partial charge on any atom is -0.296 e. The van der Waals surface area contributed by atoms with Gasteiger partial charge >= 0.3 is 0 Å². The monoisotopic (exact) mass is 297 g/mol. The highest BCUT2D eigenvalue weighted by atomic mass is 32.2. The van der Waals surface area contributed by atoms with Crippen molar-refractivity contribution in [2.45, 2.75) is 9.24 Å². The number of carbonyl (C=O) groups is 1. The van der Waals surface area contributed by atoms with E-state index in [2.05, 4.69) is 15.5 Å². The maximum absolute atomic E-state index is 12.1. The first kappa shape index (κ1) is 13.4. The molecule has 0 unspecified atom stereocenters. The number of rotatable bonds is 4. The molecule has 7 heteroatoms. The molecule has 0 aliphatic heterocycles. The lowest BCUT2D eigenvalue weighted by atomic mass is 10.2. The van der Waals surface area contributed by atoms with Crippen molar-refractivity contribution in [3.05, 3.63) is 29.8 Å². The molecule has 1 aromatic heterocycles. The van der Waals surface area contributed by atoms with Gasteiger partial charge in [-0.25, -0.2) is 0 Å². The van der Waals surface area contributed by atoms with Crippen LogP contribution in [0.5, 0.6) is 0 Å². The number of benzene rings is 1. The maximum Gasteiger partial charge on any atom is 0.258 e. The number of thioether (sulfide) groups is 2. The Morgan fingerprint density at radius 2 is 2.00 bits per heavy atom. The Labute approximate surface area is 118 Å². The summed E-state index contributed by atoms with van der Waals surface area (Å²) in [6.45, 7) is 0. The number of anilines is 1. The summed E-state index contributed by atoms with van der Waals surface area (Å²) in [5.74, 6) is -0.149. The van der Waals surface area contributed by atoms with Crippen molar-refractivity contribution in [3.8, 4) is 0 Å². The normalized spacial score (nSPS) is 10.3. The molecule has 1 heterocycles. The van der Waals surface area contributed by atoms with Gasteiger partial charge in [0.1, 0.15) is 0 Å². The lowest BCUT2D eigenvalue weighted by molar-refractivity contribution is 0.102. The van der Waals surface area contributed by atoms with Crippen LogP contribution in [0.25, 0.3) is 0 Å². The fourth-order valence-electron chi connectivity index (χ4n) is 1.34. The predicted molar refractivity (Wildman–Crippen MR) is 77.9 cm³/mol. The molecule has 0 bridgehead atoms. The van der Waals surface area contributed by atoms with Crippen molar-refractivity contribution in [3.63, 3.8) is 0 Å². The minimum atomic E-state index is -0.149. The van der Waals surface area contributed by atoms with Gasteiger partial charge in [0.15, 0.2) is 4.34 Å². The van der Waals surface area contributed by atoms with Crippen LogP contribution < -0.4 is 5.32 Å². The second-order valence-electron chi connectivity index (χ2n) is 3.23. The third kappa shape index (κ3) is 3.04. The van der Waals surface area contributed by atoms with Gasteiger partial charge in [-0.3, -0.25) is 10.1 Å². The van der Waals surface area contributed by atoms with E-state index in [0.717, 1.165) is 9.24 Å². The highest BCUT2D eigenvalue weighted by Gasteiger charge is 2.12. The number of nitrogens with one attached hydrogen (secondary N) is 1. The molecular formula is C11H11N3OS3. The molecule has 1 amide bonds. The highest BCUT2D eigenvalue weighted by Crippen LogP contribution is 2.25. The molecule has 0 radical (unpaired) electrons. The van der Waals surface area contributed by atoms with E-state index >= 15 is 0 Å². The predicted octanol–water partition coefficient (Wildman–Crippen LogP) is 3.23. The third-order valence-corrected chi connectivity index (χ3v) is 4.76. The van der Waals surface area contributed by atoms with Crippen LogP contribution in [0.15, 0.2) is 33.5 Å². The van der Waals surface area contributed by atoms with Gasteiger partial charge in [-0.05, 0) is 24.6 Å². The number of aromatic nitrogens is 2. The van der Waals surface area contributed by atoms with Gasteiger partial charge in [0.25, 0.3) is 5.91 Å². The largest absolute Gasteiger partial charge is 0.296 e. The average molecular weight is 297 g/mol. The molecule has 1 aromatic carbocycles. The van der Waals surface area contributed by atoms with Gasteiger partial charge < -0.3 is 0 Å². The standard InChI is InChI=1S/C11H11N3OS3/c1-16-8-6-4-3-5-7(8)9(15)12-10-13-14-11(17-2)18-10/h3-6H,1-2H3,(H,12,13,15). The minimum absolute atomic E-state index is 0.149. The highest BCUT2D eigenvalue weighted by molar-refractivity contribution is 8.00. The van der Waals surface area contributed by atoms with Gasteiger partial charge in [0, 0.05) is 4.90 Å². The van der Waals surface area contributed by atoms with Crippen LogP contribution in [0.2, 0.25) is 0 Å². The number of carbonyl (C=O) groups excluding carboxylic acids is 1. The average Bonchev–Trinajstić information content (AvgIpc) is 2.86. The van der Waals surface area contributed by atoms with E-state index in [-0.39, 0.29) is 5.91 Å². The van der Waals surface area contributed by atoms with Gasteiger partial charge in [-0.2, -0.15) is 0 Å². The number of hydrogen-bond acceptors (Lipinski definition) is 6. The summed E-state index contributed by atoms with van der Waals surface area (Å²) in [5.41, 5.74) is 0.658. The molecule has 0 aliphatic rings. The lowest BCUT2D eigenvalue weighted by Gasteiger charge is -2.05. The summed E-state index contributed by atoms with van der Waals surface area (Å²) in [5, 5.41) is 11.1. The van der Waals surface area contributed by atoms with Crippen LogP contribution in [0.3, 0.4) is 0 Å². The van der Waals surface area contributed by atoms with Crippen LogP contribution in [-0.2, 0) is 0 Å². The number of amides is 1. The van der Waals surface area contributed by atoms with Gasteiger partial charge in [-0.15, -0.1) is 22.0 Å². The van der Waals surface area contributed by atoms with Crippen molar-refractivity contribution in [1.29, 1.82) is 0 Å². The molecule has 94 valence electrons. The smallest absolute Gasteiger partial charge is 0.258 e. The van der Waals surface area contributed by atoms with Crippen LogP contribution in [0.1, 0.15) is 10.4 Å². The van der Waals surface area contributed by atoms with Gasteiger partial charge in [0.2, 0.25) is 5.13 Å². The molecule has 2 rings (SSSR count). The second-order valence-corrected chi connectivity index (χ2v) is 6.11. The van der Waals surface area contributed by atoms with E-state index in [4.69, 9.17) is 0 Å². The Balaban J connectivity index is 2.16. The number of nitrogens with zero attached hydrogens (tertiary/aromatic N) is 2. The quantitative estimate of drug-likeness (QED) is 0.693. The van der Waals surface area contributed by atoms with Crippen molar-refractivity contribution in [2.24, 2.45) is 0 Å². The Bertz CT molecular complexity index is 556. The maximum atomic E-state index is 12.1. The molecule has 0 atom stereocenters. The summed E-state index contributed by atoms with van der Waals surface area (Å²) in [7, 11) is 0. The molecule has 0 spiro atoms. The Morgan fingerprint density at radius 1 is 1.22 bits per heavy atom. The molecule has 18 heavy (non-hydrogen) atoms. The first-order chi connectivity index (χ1) is 8.74. The molecule has 0 saturated heterocycles. The first-order valence-corrected chi connectivity index (χ1v) is 8.33. The zero-order valence-corrected chi connectivity index (χ0v) is 12.3.